The van der Waals surface area contributed by atoms with E-state index in [1.807, 2.05) is 17.0 Å². The maximum absolute atomic E-state index is 13.3. The molecule has 7 rings (SSSR count). The summed E-state index contributed by atoms with van der Waals surface area (Å²) in [6, 6.07) is 5.55. The molecular formula is C36H43N5O6S. The lowest BCUT2D eigenvalue weighted by atomic mass is 9.77. The number of aryl methyl sites for hydroxylation is 1. The van der Waals surface area contributed by atoms with Crippen molar-refractivity contribution in [2.45, 2.75) is 63.3 Å². The molecule has 1 N–H and O–H groups in total. The van der Waals surface area contributed by atoms with Crippen molar-refractivity contribution in [1.29, 1.82) is 0 Å². The van der Waals surface area contributed by atoms with Gasteiger partial charge in [-0.1, -0.05) is 55.7 Å². The number of oxazole rings is 1. The van der Waals surface area contributed by atoms with Crippen LogP contribution in [0.3, 0.4) is 0 Å². The molecule has 11 nitrogen and oxygen atoms in total. The lowest BCUT2D eigenvalue weighted by Crippen LogP contribution is -2.40. The molecule has 1 saturated carbocycles. The summed E-state index contributed by atoms with van der Waals surface area (Å²) in [5.74, 6) is 1.13. The molecule has 12 heteroatoms. The van der Waals surface area contributed by atoms with E-state index in [-0.39, 0.29) is 23.3 Å². The van der Waals surface area contributed by atoms with Crippen LogP contribution < -0.4 is 4.72 Å². The van der Waals surface area contributed by atoms with Gasteiger partial charge < -0.3 is 18.6 Å². The molecule has 4 heterocycles. The molecule has 2 fully saturated rings. The van der Waals surface area contributed by atoms with Crippen molar-refractivity contribution in [3.05, 3.63) is 83.2 Å². The summed E-state index contributed by atoms with van der Waals surface area (Å²) in [5.41, 5.74) is 4.65. The first-order chi connectivity index (χ1) is 23.2. The minimum absolute atomic E-state index is 0.0730. The molecule has 4 aliphatic rings. The van der Waals surface area contributed by atoms with E-state index in [2.05, 4.69) is 39.7 Å². The van der Waals surface area contributed by atoms with Crippen LogP contribution in [-0.2, 0) is 32.7 Å². The zero-order valence-electron chi connectivity index (χ0n) is 27.6. The maximum atomic E-state index is 13.3. The zero-order valence-corrected chi connectivity index (χ0v) is 28.4. The van der Waals surface area contributed by atoms with Crippen molar-refractivity contribution in [1.82, 2.24) is 23.5 Å². The average Bonchev–Trinajstić information content (AvgIpc) is 3.65. The van der Waals surface area contributed by atoms with E-state index in [4.69, 9.17) is 14.1 Å². The highest BCUT2D eigenvalue weighted by atomic mass is 32.2. The minimum atomic E-state index is -3.96. The predicted octanol–water partition coefficient (Wildman–Crippen LogP) is 4.93. The number of ether oxygens (including phenoxy) is 1. The maximum Gasteiger partial charge on any atom is 0.303 e. The fourth-order valence-electron chi connectivity index (χ4n) is 7.58. The van der Waals surface area contributed by atoms with Gasteiger partial charge in [0.25, 0.3) is 5.91 Å². The quantitative estimate of drug-likeness (QED) is 0.360. The molecule has 2 amide bonds. The van der Waals surface area contributed by atoms with E-state index >= 15 is 0 Å². The molecule has 1 unspecified atom stereocenters. The van der Waals surface area contributed by atoms with Gasteiger partial charge in [0.2, 0.25) is 11.8 Å². The Morgan fingerprint density at radius 3 is 2.60 bits per heavy atom. The van der Waals surface area contributed by atoms with Gasteiger partial charge >= 0.3 is 10.2 Å². The monoisotopic (exact) mass is 673 g/mol. The molecule has 2 aliphatic heterocycles. The van der Waals surface area contributed by atoms with Crippen molar-refractivity contribution in [3.8, 4) is 0 Å². The second-order valence-corrected chi connectivity index (χ2v) is 15.2. The second kappa shape index (κ2) is 13.5. The van der Waals surface area contributed by atoms with Gasteiger partial charge in [0.15, 0.2) is 0 Å². The first-order valence-corrected chi connectivity index (χ1v) is 18.4. The summed E-state index contributed by atoms with van der Waals surface area (Å²) in [6.07, 6.45) is 19.3. The number of allylic oxidation sites excluding steroid dienone is 6. The van der Waals surface area contributed by atoms with E-state index in [0.29, 0.717) is 63.3 Å². The summed E-state index contributed by atoms with van der Waals surface area (Å²) >= 11 is 0. The number of benzene rings is 1. The SMILES string of the molecule is CN(C)S(=O)(=O)NC(=O)c1ccc2c(C3CCCCC3)c3n(c2c1)CC(c1ncc(CCC(=O)N2CCOCC2)o1)=C[C@H]1C=CC=CC31. The summed E-state index contributed by atoms with van der Waals surface area (Å²) in [6.45, 7) is 2.84. The molecule has 48 heavy (non-hydrogen) atoms. The molecule has 0 spiro atoms. The third kappa shape index (κ3) is 6.40. The van der Waals surface area contributed by atoms with Gasteiger partial charge in [-0.2, -0.15) is 12.7 Å². The van der Waals surface area contributed by atoms with Gasteiger partial charge in [-0.15, -0.1) is 0 Å². The van der Waals surface area contributed by atoms with Crippen LogP contribution in [0.25, 0.3) is 16.5 Å². The third-order valence-corrected chi connectivity index (χ3v) is 11.5. The van der Waals surface area contributed by atoms with Crippen LogP contribution in [0.2, 0.25) is 0 Å². The summed E-state index contributed by atoms with van der Waals surface area (Å²) in [7, 11) is -1.19. The molecule has 0 bridgehead atoms. The van der Waals surface area contributed by atoms with E-state index < -0.39 is 16.1 Å². The Bertz CT molecular complexity index is 1910. The molecule has 2 aromatic heterocycles. The number of nitrogens with zero attached hydrogens (tertiary/aromatic N) is 4. The van der Waals surface area contributed by atoms with Gasteiger partial charge in [0, 0.05) is 79.6 Å². The highest BCUT2D eigenvalue weighted by Gasteiger charge is 2.35. The number of carbonyl (C=O) groups excluding carboxylic acids is 2. The number of fused-ring (bicyclic) bond motifs is 5. The van der Waals surface area contributed by atoms with Crippen LogP contribution in [0.1, 0.15) is 83.6 Å². The van der Waals surface area contributed by atoms with Crippen LogP contribution in [-0.4, -0.2) is 79.4 Å². The number of hydrogen-bond donors (Lipinski definition) is 1. The Morgan fingerprint density at radius 2 is 1.83 bits per heavy atom. The fourth-order valence-corrected chi connectivity index (χ4v) is 8.11. The molecule has 1 aromatic carbocycles. The summed E-state index contributed by atoms with van der Waals surface area (Å²) in [4.78, 5) is 32.6. The average molecular weight is 674 g/mol. The Labute approximate surface area is 281 Å². The molecule has 3 aromatic rings. The normalized spacial score (nSPS) is 21.6. The van der Waals surface area contributed by atoms with E-state index in [1.54, 1.807) is 12.3 Å². The number of amides is 2. The molecule has 1 saturated heterocycles. The first kappa shape index (κ1) is 32.5. The third-order valence-electron chi connectivity index (χ3n) is 10.1. The van der Waals surface area contributed by atoms with Crippen LogP contribution in [0, 0.1) is 5.92 Å². The first-order valence-electron chi connectivity index (χ1n) is 17.0. The molecule has 2 atom stereocenters. The Kier molecular flexibility index (Phi) is 9.14. The summed E-state index contributed by atoms with van der Waals surface area (Å²) in [5, 5.41) is 1.10. The Morgan fingerprint density at radius 1 is 1.06 bits per heavy atom. The summed E-state index contributed by atoms with van der Waals surface area (Å²) < 4.78 is 42.2. The van der Waals surface area contributed by atoms with Crippen molar-refractivity contribution < 1.29 is 27.2 Å². The number of carbonyl (C=O) groups is 2. The number of aromatic nitrogens is 2. The molecule has 0 radical (unpaired) electrons. The number of rotatable bonds is 8. The highest BCUT2D eigenvalue weighted by Crippen LogP contribution is 2.48. The van der Waals surface area contributed by atoms with Gasteiger partial charge in [-0.25, -0.2) is 9.71 Å². The Balaban J connectivity index is 1.27. The lowest BCUT2D eigenvalue weighted by molar-refractivity contribution is -0.135. The van der Waals surface area contributed by atoms with Crippen molar-refractivity contribution in [2.24, 2.45) is 5.92 Å². The molecule has 2 aliphatic carbocycles. The second-order valence-electron chi connectivity index (χ2n) is 13.4. The van der Waals surface area contributed by atoms with Gasteiger partial charge in [-0.3, -0.25) is 9.59 Å². The van der Waals surface area contributed by atoms with E-state index in [9.17, 15) is 18.0 Å². The Hall–Kier alpha value is -4.00. The van der Waals surface area contributed by atoms with Gasteiger partial charge in [0.05, 0.1) is 26.0 Å². The molecule has 254 valence electrons. The number of hydrogen-bond acceptors (Lipinski definition) is 7. The van der Waals surface area contributed by atoms with Crippen LogP contribution >= 0.6 is 0 Å². The van der Waals surface area contributed by atoms with Crippen molar-refractivity contribution >= 4 is 38.5 Å². The van der Waals surface area contributed by atoms with Crippen LogP contribution in [0.4, 0.5) is 0 Å². The van der Waals surface area contributed by atoms with Crippen molar-refractivity contribution in [2.75, 3.05) is 40.4 Å². The highest BCUT2D eigenvalue weighted by molar-refractivity contribution is 7.87. The molecular weight excluding hydrogens is 630 g/mol. The van der Waals surface area contributed by atoms with Crippen LogP contribution in [0.15, 0.2) is 59.2 Å². The smallest absolute Gasteiger partial charge is 0.303 e. The zero-order chi connectivity index (χ0) is 33.4. The minimum Gasteiger partial charge on any atom is -0.441 e. The predicted molar refractivity (Wildman–Crippen MR) is 183 cm³/mol. The number of morpholine rings is 1. The number of nitrogens with one attached hydrogen (secondary N) is 1. The fraction of sp³-hybridized carbons (Fsp3) is 0.472. The van der Waals surface area contributed by atoms with Gasteiger partial charge in [0.1, 0.15) is 5.76 Å². The van der Waals surface area contributed by atoms with Gasteiger partial charge in [-0.05, 0) is 36.5 Å². The lowest BCUT2D eigenvalue weighted by Gasteiger charge is -2.28. The van der Waals surface area contributed by atoms with Crippen LogP contribution in [0.5, 0.6) is 0 Å². The standard InChI is InChI=1S/C36H43N5O6S/c1-39(2)48(44,45)38-35(43)26-12-14-30-31(21-26)41-23-27(36-37-22-28(47-36)13-15-32(42)40-16-18-46-19-17-40)20-25-10-6-7-11-29(25)34(41)33(30)24-8-4-3-5-9-24/h6-7,10-12,14,20-22,24-25,29H,3-5,8-9,13,15-19,23H2,1-2H3,(H,38,43)/t25-,29?/m1/s1. The van der Waals surface area contributed by atoms with E-state index in [1.165, 1.54) is 44.6 Å². The largest absolute Gasteiger partial charge is 0.441 e. The topological polar surface area (TPSA) is 127 Å². The van der Waals surface area contributed by atoms with Crippen molar-refractivity contribution in [3.63, 3.8) is 0 Å². The van der Waals surface area contributed by atoms with E-state index in [0.717, 1.165) is 33.6 Å².